The van der Waals surface area contributed by atoms with Gasteiger partial charge in [-0.1, -0.05) is 36.4 Å². The minimum atomic E-state index is -4.98. The topological polar surface area (TPSA) is 86.5 Å². The number of hydrogen-bond donors (Lipinski definition) is 0. The number of esters is 1. The maximum atomic E-state index is 14.2. The van der Waals surface area contributed by atoms with E-state index in [1.807, 2.05) is 29.2 Å². The van der Waals surface area contributed by atoms with Crippen molar-refractivity contribution < 1.29 is 41.0 Å². The quantitative estimate of drug-likeness (QED) is 0.127. The molecule has 0 bridgehead atoms. The molecule has 2 fully saturated rings. The van der Waals surface area contributed by atoms with E-state index in [1.54, 1.807) is 0 Å². The van der Waals surface area contributed by atoms with Gasteiger partial charge in [0.2, 0.25) is 5.91 Å². The third-order valence-corrected chi connectivity index (χ3v) is 8.61. The summed E-state index contributed by atoms with van der Waals surface area (Å²) in [5.74, 6) is -0.845. The summed E-state index contributed by atoms with van der Waals surface area (Å²) in [5, 5.41) is 3.76. The average Bonchev–Trinajstić information content (AvgIpc) is 3.83. The number of ether oxygens (including phenoxy) is 2. The van der Waals surface area contributed by atoms with Crippen LogP contribution in [0.2, 0.25) is 0 Å². The van der Waals surface area contributed by atoms with Crippen molar-refractivity contribution in [3.05, 3.63) is 94.8 Å². The molecule has 6 rings (SSSR count). The van der Waals surface area contributed by atoms with E-state index in [4.69, 9.17) is 9.47 Å². The van der Waals surface area contributed by atoms with E-state index in [9.17, 15) is 31.5 Å². The summed E-state index contributed by atoms with van der Waals surface area (Å²) in [4.78, 5) is 30.9. The highest BCUT2D eigenvalue weighted by Gasteiger charge is 2.41. The molecule has 13 heteroatoms. The number of amides is 1. The zero-order valence-electron chi connectivity index (χ0n) is 26.1. The summed E-state index contributed by atoms with van der Waals surface area (Å²) < 4.78 is 81.9. The number of alkyl halides is 5. The number of nitrogens with zero attached hydrogens (tertiary/aromatic N) is 4. The van der Waals surface area contributed by atoms with E-state index < -0.39 is 35.4 Å². The lowest BCUT2D eigenvalue weighted by atomic mass is 9.89. The Labute approximate surface area is 273 Å². The zero-order chi connectivity index (χ0) is 34.0. The van der Waals surface area contributed by atoms with Crippen molar-refractivity contribution >= 4 is 11.9 Å². The van der Waals surface area contributed by atoms with Crippen molar-refractivity contribution in [2.45, 2.75) is 57.7 Å². The number of aromatic nitrogens is 3. The largest absolute Gasteiger partial charge is 0.488 e. The second-order valence-electron chi connectivity index (χ2n) is 11.8. The third kappa shape index (κ3) is 7.04. The van der Waals surface area contributed by atoms with Gasteiger partial charge in [0, 0.05) is 24.6 Å². The maximum absolute atomic E-state index is 14.2. The van der Waals surface area contributed by atoms with Crippen molar-refractivity contribution in [1.29, 1.82) is 0 Å². The number of benzene rings is 2. The van der Waals surface area contributed by atoms with Crippen LogP contribution in [0, 0.1) is 5.92 Å². The number of rotatable bonds is 10. The van der Waals surface area contributed by atoms with Crippen molar-refractivity contribution in [2.75, 3.05) is 19.7 Å². The van der Waals surface area contributed by atoms with Crippen LogP contribution >= 0.6 is 0 Å². The van der Waals surface area contributed by atoms with Gasteiger partial charge in [-0.3, -0.25) is 4.79 Å². The number of piperidine rings is 1. The highest BCUT2D eigenvalue weighted by Crippen LogP contribution is 2.40. The average molecular weight is 669 g/mol. The van der Waals surface area contributed by atoms with Gasteiger partial charge in [-0.15, -0.1) is 0 Å². The maximum Gasteiger partial charge on any atom is 0.434 e. The summed E-state index contributed by atoms with van der Waals surface area (Å²) in [6.45, 7) is 2.75. The molecule has 1 amide bonds. The Balaban J connectivity index is 1.23. The van der Waals surface area contributed by atoms with E-state index in [-0.39, 0.29) is 47.9 Å². The van der Waals surface area contributed by atoms with Gasteiger partial charge >= 0.3 is 12.1 Å². The smallest absolute Gasteiger partial charge is 0.434 e. The van der Waals surface area contributed by atoms with E-state index in [0.717, 1.165) is 56.1 Å². The first-order chi connectivity index (χ1) is 23.0. The van der Waals surface area contributed by atoms with Gasteiger partial charge in [-0.2, -0.15) is 18.3 Å². The van der Waals surface area contributed by atoms with Gasteiger partial charge in [0.05, 0.1) is 24.1 Å². The van der Waals surface area contributed by atoms with Crippen molar-refractivity contribution in [3.8, 4) is 22.8 Å². The monoisotopic (exact) mass is 668 g/mol. The Morgan fingerprint density at radius 1 is 0.958 bits per heavy atom. The normalized spacial score (nSPS) is 15.5. The second-order valence-corrected chi connectivity index (χ2v) is 11.8. The number of para-hydroxylation sites is 1. The molecule has 4 aromatic rings. The Bertz CT molecular complexity index is 1780. The molecule has 1 aliphatic carbocycles. The number of likely N-dealkylation sites (tertiary alicyclic amines) is 1. The molecule has 2 aliphatic rings. The SMILES string of the molecule is CCOC(=O)c1cnn(-c2cccc(-c3cccc(C(F)F)c3OCc3ccc(C4CCN(C(=O)C5CC5)CC4)cc3)n2)c1C(F)(F)F. The van der Waals surface area contributed by atoms with Gasteiger partial charge < -0.3 is 14.4 Å². The van der Waals surface area contributed by atoms with E-state index in [1.165, 1.54) is 43.3 Å². The molecule has 0 atom stereocenters. The molecule has 1 saturated carbocycles. The van der Waals surface area contributed by atoms with Crippen LogP contribution in [0.3, 0.4) is 0 Å². The van der Waals surface area contributed by atoms with Gasteiger partial charge in [0.25, 0.3) is 6.43 Å². The summed E-state index contributed by atoms with van der Waals surface area (Å²) in [5.41, 5.74) is -0.476. The number of carbonyl (C=O) groups excluding carboxylic acids is 2. The molecule has 252 valence electrons. The molecule has 0 N–H and O–H groups in total. The van der Waals surface area contributed by atoms with Gasteiger partial charge in [-0.05, 0) is 73.9 Å². The predicted octanol–water partition coefficient (Wildman–Crippen LogP) is 7.76. The molecule has 2 aromatic carbocycles. The Hall–Kier alpha value is -4.81. The van der Waals surface area contributed by atoms with Crippen LogP contribution < -0.4 is 4.74 Å². The molecule has 8 nitrogen and oxygen atoms in total. The van der Waals surface area contributed by atoms with Crippen LogP contribution in [0.25, 0.3) is 17.1 Å². The molecule has 0 spiro atoms. The van der Waals surface area contributed by atoms with Gasteiger partial charge in [0.1, 0.15) is 17.9 Å². The minimum absolute atomic E-state index is 0.0503. The third-order valence-electron chi connectivity index (χ3n) is 8.61. The Morgan fingerprint density at radius 2 is 1.67 bits per heavy atom. The fourth-order valence-corrected chi connectivity index (χ4v) is 6.00. The summed E-state index contributed by atoms with van der Waals surface area (Å²) in [6, 6.07) is 16.0. The van der Waals surface area contributed by atoms with Gasteiger partial charge in [-0.25, -0.2) is 23.2 Å². The predicted molar refractivity (Wildman–Crippen MR) is 165 cm³/mol. The number of carbonyl (C=O) groups is 2. The molecule has 1 saturated heterocycles. The molecule has 0 unspecified atom stereocenters. The Kier molecular flexibility index (Phi) is 9.47. The lowest BCUT2D eigenvalue weighted by Crippen LogP contribution is -2.38. The molecular weight excluding hydrogens is 635 g/mol. The van der Waals surface area contributed by atoms with E-state index in [2.05, 4.69) is 10.1 Å². The summed E-state index contributed by atoms with van der Waals surface area (Å²) >= 11 is 0. The van der Waals surface area contributed by atoms with Crippen molar-refractivity contribution in [3.63, 3.8) is 0 Å². The molecule has 2 aromatic heterocycles. The van der Waals surface area contributed by atoms with E-state index >= 15 is 0 Å². The van der Waals surface area contributed by atoms with Crippen LogP contribution in [-0.4, -0.2) is 51.2 Å². The standard InChI is InChI=1S/C35H33F5N4O4/c1-2-47-34(46)27-19-41-44(31(27)35(38,39)40)29-8-4-7-28(42-29)25-5-3-6-26(32(36)37)30(25)48-20-21-9-11-22(12-10-21)23-15-17-43(18-16-23)33(45)24-13-14-24/h3-12,19,23-24,32H,2,13-18,20H2,1H3. The first-order valence-corrected chi connectivity index (χ1v) is 15.8. The summed E-state index contributed by atoms with van der Waals surface area (Å²) in [6.07, 6.45) is -3.41. The number of pyridine rings is 1. The minimum Gasteiger partial charge on any atom is -0.488 e. The van der Waals surface area contributed by atoms with Crippen LogP contribution in [0.1, 0.15) is 77.7 Å². The first-order valence-electron chi connectivity index (χ1n) is 15.8. The highest BCUT2D eigenvalue weighted by atomic mass is 19.4. The fraction of sp³-hybridized carbons (Fsp3) is 0.371. The molecule has 3 heterocycles. The van der Waals surface area contributed by atoms with Crippen LogP contribution in [0.4, 0.5) is 22.0 Å². The van der Waals surface area contributed by atoms with Crippen LogP contribution in [-0.2, 0) is 22.3 Å². The van der Waals surface area contributed by atoms with Gasteiger partial charge in [0.15, 0.2) is 11.5 Å². The second kappa shape index (κ2) is 13.7. The van der Waals surface area contributed by atoms with Crippen LogP contribution in [0.15, 0.2) is 66.9 Å². The first kappa shape index (κ1) is 33.1. The highest BCUT2D eigenvalue weighted by molar-refractivity contribution is 5.90. The molecule has 1 aliphatic heterocycles. The summed E-state index contributed by atoms with van der Waals surface area (Å²) in [7, 11) is 0. The molecule has 48 heavy (non-hydrogen) atoms. The van der Waals surface area contributed by atoms with Crippen molar-refractivity contribution in [2.24, 2.45) is 5.92 Å². The lowest BCUT2D eigenvalue weighted by Gasteiger charge is -2.32. The lowest BCUT2D eigenvalue weighted by molar-refractivity contribution is -0.143. The zero-order valence-corrected chi connectivity index (χ0v) is 26.1. The van der Waals surface area contributed by atoms with Crippen molar-refractivity contribution in [1.82, 2.24) is 19.7 Å². The molecular formula is C35H33F5N4O4. The number of hydrogen-bond acceptors (Lipinski definition) is 6. The fourth-order valence-electron chi connectivity index (χ4n) is 6.00. The number of halogens is 5. The van der Waals surface area contributed by atoms with E-state index in [0.29, 0.717) is 10.6 Å². The Morgan fingerprint density at radius 3 is 2.31 bits per heavy atom. The molecule has 0 radical (unpaired) electrons. The van der Waals surface area contributed by atoms with Crippen LogP contribution in [0.5, 0.6) is 5.75 Å².